The van der Waals surface area contributed by atoms with E-state index in [1.807, 2.05) is 18.2 Å². The van der Waals surface area contributed by atoms with Crippen LogP contribution in [0.2, 0.25) is 0 Å². The Kier molecular flexibility index (Phi) is 3.02. The van der Waals surface area contributed by atoms with Crippen molar-refractivity contribution in [3.63, 3.8) is 0 Å². The second-order valence-corrected chi connectivity index (χ2v) is 4.21. The summed E-state index contributed by atoms with van der Waals surface area (Å²) in [6.07, 6.45) is 4.13. The molecule has 0 atom stereocenters. The molecule has 0 unspecified atom stereocenters. The normalized spacial score (nSPS) is 12.4. The van der Waals surface area contributed by atoms with Crippen molar-refractivity contribution in [3.05, 3.63) is 48.3 Å². The number of para-hydroxylation sites is 1. The number of fused-ring (bicyclic) bond motifs is 1. The maximum atomic E-state index is 11.9. The van der Waals surface area contributed by atoms with E-state index in [4.69, 9.17) is 4.74 Å². The van der Waals surface area contributed by atoms with Gasteiger partial charge in [0.15, 0.2) is 0 Å². The van der Waals surface area contributed by atoms with Gasteiger partial charge in [-0.1, -0.05) is 12.1 Å². The van der Waals surface area contributed by atoms with Gasteiger partial charge in [0, 0.05) is 12.6 Å². The summed E-state index contributed by atoms with van der Waals surface area (Å²) in [5.41, 5.74) is 2.46. The predicted octanol–water partition coefficient (Wildman–Crippen LogP) is 2.66. The van der Waals surface area contributed by atoms with Crippen LogP contribution in [0.25, 0.3) is 0 Å². The van der Waals surface area contributed by atoms with Gasteiger partial charge in [-0.25, -0.2) is 4.79 Å². The largest absolute Gasteiger partial charge is 0.491 e. The first-order valence-corrected chi connectivity index (χ1v) is 6.05. The Morgan fingerprint density at radius 2 is 2.16 bits per heavy atom. The zero-order chi connectivity index (χ0) is 13.1. The number of nitrogens with zero attached hydrogens (tertiary/aromatic N) is 1. The van der Waals surface area contributed by atoms with Crippen LogP contribution >= 0.6 is 0 Å². The standard InChI is InChI=1S/C14H13N3O2/c18-14(16-11-4-2-7-15-9-11)17-12-5-1-3-10-6-8-19-13(10)12/h1-5,7,9H,6,8H2,(H2,16,17,18). The molecule has 0 radical (unpaired) electrons. The second-order valence-electron chi connectivity index (χ2n) is 4.21. The van der Waals surface area contributed by atoms with E-state index in [1.54, 1.807) is 24.5 Å². The van der Waals surface area contributed by atoms with Gasteiger partial charge >= 0.3 is 6.03 Å². The molecule has 1 aromatic carbocycles. The van der Waals surface area contributed by atoms with Gasteiger partial charge < -0.3 is 15.4 Å². The fourth-order valence-electron chi connectivity index (χ4n) is 2.03. The highest BCUT2D eigenvalue weighted by atomic mass is 16.5. The highest BCUT2D eigenvalue weighted by molar-refractivity contribution is 6.00. The number of anilines is 2. The third kappa shape index (κ3) is 2.49. The number of hydrogen-bond acceptors (Lipinski definition) is 3. The minimum absolute atomic E-state index is 0.308. The van der Waals surface area contributed by atoms with Crippen LogP contribution in [0.1, 0.15) is 5.56 Å². The molecule has 0 saturated carbocycles. The highest BCUT2D eigenvalue weighted by Gasteiger charge is 2.17. The molecule has 5 nitrogen and oxygen atoms in total. The quantitative estimate of drug-likeness (QED) is 0.867. The van der Waals surface area contributed by atoms with Gasteiger partial charge in [0.05, 0.1) is 24.2 Å². The molecule has 3 rings (SSSR count). The van der Waals surface area contributed by atoms with Crippen molar-refractivity contribution in [2.45, 2.75) is 6.42 Å². The topological polar surface area (TPSA) is 63.2 Å². The van der Waals surface area contributed by atoms with E-state index >= 15 is 0 Å². The lowest BCUT2D eigenvalue weighted by atomic mass is 10.1. The van der Waals surface area contributed by atoms with Gasteiger partial charge in [0.25, 0.3) is 0 Å². The highest BCUT2D eigenvalue weighted by Crippen LogP contribution is 2.33. The van der Waals surface area contributed by atoms with E-state index in [-0.39, 0.29) is 6.03 Å². The van der Waals surface area contributed by atoms with E-state index in [2.05, 4.69) is 15.6 Å². The van der Waals surface area contributed by atoms with Crippen LogP contribution in [0, 0.1) is 0 Å². The number of pyridine rings is 1. The van der Waals surface area contributed by atoms with E-state index in [1.165, 1.54) is 0 Å². The second kappa shape index (κ2) is 4.97. The molecule has 0 aliphatic carbocycles. The molecule has 96 valence electrons. The first-order valence-electron chi connectivity index (χ1n) is 6.05. The monoisotopic (exact) mass is 255 g/mol. The maximum absolute atomic E-state index is 11.9. The number of amides is 2. The molecule has 1 aromatic heterocycles. The molecular weight excluding hydrogens is 242 g/mol. The van der Waals surface area contributed by atoms with Crippen LogP contribution in [0.3, 0.4) is 0 Å². The fourth-order valence-corrected chi connectivity index (χ4v) is 2.03. The molecule has 1 aliphatic heterocycles. The number of hydrogen-bond donors (Lipinski definition) is 2. The molecule has 0 spiro atoms. The van der Waals surface area contributed by atoms with Crippen LogP contribution in [0.4, 0.5) is 16.2 Å². The van der Waals surface area contributed by atoms with Crippen LogP contribution in [-0.4, -0.2) is 17.6 Å². The van der Waals surface area contributed by atoms with Gasteiger partial charge in [0.1, 0.15) is 5.75 Å². The van der Waals surface area contributed by atoms with Crippen molar-refractivity contribution in [2.75, 3.05) is 17.2 Å². The summed E-state index contributed by atoms with van der Waals surface area (Å²) in [6, 6.07) is 8.97. The molecule has 5 heteroatoms. The molecule has 2 amide bonds. The number of carbonyl (C=O) groups excluding carboxylic acids is 1. The summed E-state index contributed by atoms with van der Waals surface area (Å²) in [4.78, 5) is 15.8. The van der Waals surface area contributed by atoms with E-state index < -0.39 is 0 Å². The summed E-state index contributed by atoms with van der Waals surface area (Å²) in [5, 5.41) is 5.50. The first kappa shape index (κ1) is 11.5. The molecule has 1 aliphatic rings. The molecule has 0 fully saturated rings. The van der Waals surface area contributed by atoms with Crippen LogP contribution in [0.15, 0.2) is 42.7 Å². The zero-order valence-corrected chi connectivity index (χ0v) is 10.2. The van der Waals surface area contributed by atoms with E-state index in [9.17, 15) is 4.79 Å². The Bertz CT molecular complexity index is 599. The lowest BCUT2D eigenvalue weighted by Gasteiger charge is -2.10. The van der Waals surface area contributed by atoms with Crippen molar-refractivity contribution in [1.82, 2.24) is 4.98 Å². The Hall–Kier alpha value is -2.56. The number of benzene rings is 1. The average Bonchev–Trinajstić information content (AvgIpc) is 2.89. The average molecular weight is 255 g/mol. The number of carbonyl (C=O) groups is 1. The van der Waals surface area contributed by atoms with Crippen LogP contribution < -0.4 is 15.4 Å². The van der Waals surface area contributed by atoms with Crippen molar-refractivity contribution in [3.8, 4) is 5.75 Å². The van der Waals surface area contributed by atoms with Crippen molar-refractivity contribution >= 4 is 17.4 Å². The third-order valence-electron chi connectivity index (χ3n) is 2.88. The summed E-state index contributed by atoms with van der Waals surface area (Å²) < 4.78 is 5.53. The molecular formula is C14H13N3O2. The zero-order valence-electron chi connectivity index (χ0n) is 10.2. The van der Waals surface area contributed by atoms with Crippen molar-refractivity contribution in [2.24, 2.45) is 0 Å². The molecule has 2 aromatic rings. The van der Waals surface area contributed by atoms with Gasteiger partial charge in [-0.05, 0) is 23.8 Å². The molecule has 2 heterocycles. The number of urea groups is 1. The Morgan fingerprint density at radius 3 is 3.00 bits per heavy atom. The van der Waals surface area contributed by atoms with Gasteiger partial charge in [-0.3, -0.25) is 4.98 Å². The van der Waals surface area contributed by atoms with E-state index in [0.29, 0.717) is 18.0 Å². The van der Waals surface area contributed by atoms with Crippen LogP contribution in [-0.2, 0) is 6.42 Å². The predicted molar refractivity (Wildman–Crippen MR) is 72.5 cm³/mol. The lowest BCUT2D eigenvalue weighted by molar-refractivity contribution is 0.262. The SMILES string of the molecule is O=C(Nc1cccnc1)Nc1cccc2c1OCC2. The minimum Gasteiger partial charge on any atom is -0.491 e. The fraction of sp³-hybridized carbons (Fsp3) is 0.143. The lowest BCUT2D eigenvalue weighted by Crippen LogP contribution is -2.19. The Labute approximate surface area is 110 Å². The summed E-state index contributed by atoms with van der Waals surface area (Å²) >= 11 is 0. The number of aromatic nitrogens is 1. The van der Waals surface area contributed by atoms with Gasteiger partial charge in [0.2, 0.25) is 0 Å². The summed E-state index contributed by atoms with van der Waals surface area (Å²) in [5.74, 6) is 0.767. The van der Waals surface area contributed by atoms with Gasteiger partial charge in [-0.2, -0.15) is 0 Å². The van der Waals surface area contributed by atoms with Crippen LogP contribution in [0.5, 0.6) is 5.75 Å². The maximum Gasteiger partial charge on any atom is 0.323 e. The first-order chi connectivity index (χ1) is 9.33. The molecule has 0 bridgehead atoms. The molecule has 2 N–H and O–H groups in total. The molecule has 19 heavy (non-hydrogen) atoms. The molecule has 0 saturated heterocycles. The summed E-state index contributed by atoms with van der Waals surface area (Å²) in [6.45, 7) is 0.665. The third-order valence-corrected chi connectivity index (χ3v) is 2.88. The van der Waals surface area contributed by atoms with E-state index in [0.717, 1.165) is 17.7 Å². The van der Waals surface area contributed by atoms with Crippen molar-refractivity contribution < 1.29 is 9.53 Å². The smallest absolute Gasteiger partial charge is 0.323 e. The number of nitrogens with one attached hydrogen (secondary N) is 2. The van der Waals surface area contributed by atoms with Gasteiger partial charge in [-0.15, -0.1) is 0 Å². The Balaban J connectivity index is 1.72. The minimum atomic E-state index is -0.308. The Morgan fingerprint density at radius 1 is 1.21 bits per heavy atom. The number of rotatable bonds is 2. The summed E-state index contributed by atoms with van der Waals surface area (Å²) in [7, 11) is 0. The number of ether oxygens (including phenoxy) is 1. The van der Waals surface area contributed by atoms with Crippen molar-refractivity contribution in [1.29, 1.82) is 0 Å².